The Morgan fingerprint density at radius 2 is 1.05 bits per heavy atom. The second kappa shape index (κ2) is 17.7. The van der Waals surface area contributed by atoms with Crippen molar-refractivity contribution in [3.05, 3.63) is 201 Å². The zero-order valence-corrected chi connectivity index (χ0v) is 32.4. The summed E-state index contributed by atoms with van der Waals surface area (Å²) in [6.45, 7) is 2.71. The first-order chi connectivity index (χ1) is 28.9. The number of nitro groups is 1. The highest BCUT2D eigenvalue weighted by molar-refractivity contribution is 5.97. The number of carbonyl (C=O) groups is 2. The molecule has 6 aromatic carbocycles. The van der Waals surface area contributed by atoms with E-state index in [1.54, 1.807) is 18.2 Å². The molecule has 0 aliphatic heterocycles. The fourth-order valence-corrected chi connectivity index (χ4v) is 6.53. The van der Waals surface area contributed by atoms with Crippen molar-refractivity contribution >= 4 is 44.7 Å². The van der Waals surface area contributed by atoms with E-state index in [9.17, 15) is 28.5 Å². The Bertz CT molecular complexity index is 2910. The van der Waals surface area contributed by atoms with Crippen molar-refractivity contribution in [2.75, 3.05) is 5.73 Å². The Balaban J connectivity index is 0.000000182. The van der Waals surface area contributed by atoms with Crippen LogP contribution in [0, 0.1) is 21.7 Å². The number of non-ortho nitro benzene ring substituents is 1. The number of ketones is 2. The second-order valence-electron chi connectivity index (χ2n) is 13.9. The molecular weight excluding hydrogens is 767 g/mol. The number of nitro benzene ring substituents is 1. The minimum Gasteiger partial charge on any atom is -0.438 e. The number of hydrogen-bond acceptors (Lipinski definition) is 9. The number of aromatic nitrogens is 2. The van der Waals surface area contributed by atoms with E-state index in [1.165, 1.54) is 56.3 Å². The number of halogens is 2. The van der Waals surface area contributed by atoms with Gasteiger partial charge in [0, 0.05) is 52.6 Å². The number of pyridine rings is 2. The SMILES string of the molecule is CC(=O)c1cc(F)ccc1Oc1nc2ccc(N)cc2cc1Cc1ccccc1.CC(=O)c1cc(F)ccc1Oc1nc2ccc([N+](=O)[O-])cc2cc1Cc1ccccc1. The first kappa shape index (κ1) is 40.3. The largest absolute Gasteiger partial charge is 0.438 e. The molecule has 0 atom stereocenters. The average Bonchev–Trinajstić information content (AvgIpc) is 3.23. The van der Waals surface area contributed by atoms with Gasteiger partial charge in [-0.15, -0.1) is 0 Å². The maximum absolute atomic E-state index is 13.6. The highest BCUT2D eigenvalue weighted by atomic mass is 19.1. The fraction of sp³-hybridized carbons (Fsp3) is 0.0833. The number of hydrogen-bond donors (Lipinski definition) is 1. The van der Waals surface area contributed by atoms with Gasteiger partial charge in [0.1, 0.15) is 23.1 Å². The summed E-state index contributed by atoms with van der Waals surface area (Å²) < 4.78 is 39.3. The predicted octanol–water partition coefficient (Wildman–Crippen LogP) is 11.4. The number of benzene rings is 6. The van der Waals surface area contributed by atoms with E-state index in [1.807, 2.05) is 78.9 Å². The number of rotatable bonds is 11. The maximum Gasteiger partial charge on any atom is 0.270 e. The second-order valence-corrected chi connectivity index (χ2v) is 13.9. The zero-order chi connectivity index (χ0) is 42.3. The summed E-state index contributed by atoms with van der Waals surface area (Å²) in [7, 11) is 0. The van der Waals surface area contributed by atoms with Gasteiger partial charge in [0.25, 0.3) is 5.69 Å². The van der Waals surface area contributed by atoms with Crippen molar-refractivity contribution < 1.29 is 32.8 Å². The highest BCUT2D eigenvalue weighted by Gasteiger charge is 2.18. The molecule has 2 heterocycles. The smallest absolute Gasteiger partial charge is 0.270 e. The first-order valence-corrected chi connectivity index (χ1v) is 18.7. The third-order valence-electron chi connectivity index (χ3n) is 9.46. The fourth-order valence-electron chi connectivity index (χ4n) is 6.53. The Kier molecular flexibility index (Phi) is 11.9. The lowest BCUT2D eigenvalue weighted by molar-refractivity contribution is -0.384. The van der Waals surface area contributed by atoms with Crippen LogP contribution >= 0.6 is 0 Å². The third kappa shape index (κ3) is 9.63. The van der Waals surface area contributed by atoms with Crippen LogP contribution in [-0.2, 0) is 12.8 Å². The monoisotopic (exact) mass is 802 g/mol. The van der Waals surface area contributed by atoms with E-state index < -0.39 is 16.6 Å². The molecule has 8 aromatic rings. The minimum atomic E-state index is -0.541. The van der Waals surface area contributed by atoms with Gasteiger partial charge in [-0.05, 0) is 97.8 Å². The number of carbonyl (C=O) groups excluding carboxylic acids is 2. The summed E-state index contributed by atoms with van der Waals surface area (Å²) in [5, 5.41) is 12.6. The summed E-state index contributed by atoms with van der Waals surface area (Å²) in [6, 6.07) is 40.8. The lowest BCUT2D eigenvalue weighted by atomic mass is 10.0. The van der Waals surface area contributed by atoms with Crippen LogP contribution in [-0.4, -0.2) is 26.5 Å². The maximum atomic E-state index is 13.6. The lowest BCUT2D eigenvalue weighted by Crippen LogP contribution is -2.02. The molecule has 0 saturated carbocycles. The van der Waals surface area contributed by atoms with Gasteiger partial charge < -0.3 is 15.2 Å². The Morgan fingerprint density at radius 1 is 0.600 bits per heavy atom. The van der Waals surface area contributed by atoms with Gasteiger partial charge in [-0.2, -0.15) is 0 Å². The average molecular weight is 803 g/mol. The minimum absolute atomic E-state index is 0.0361. The Labute approximate surface area is 343 Å². The van der Waals surface area contributed by atoms with Crippen LogP contribution in [0.5, 0.6) is 23.3 Å². The molecule has 0 fully saturated rings. The number of nitrogens with two attached hydrogens (primary N) is 1. The number of nitrogen functional groups attached to an aromatic ring is 1. The predicted molar refractivity (Wildman–Crippen MR) is 226 cm³/mol. The van der Waals surface area contributed by atoms with Crippen molar-refractivity contribution in [2.24, 2.45) is 0 Å². The summed E-state index contributed by atoms with van der Waals surface area (Å²) in [5.41, 5.74) is 11.6. The van der Waals surface area contributed by atoms with Gasteiger partial charge in [-0.1, -0.05) is 60.7 Å². The first-order valence-electron chi connectivity index (χ1n) is 18.7. The van der Waals surface area contributed by atoms with E-state index in [2.05, 4.69) is 9.97 Å². The molecule has 10 nitrogen and oxygen atoms in total. The quantitative estimate of drug-likeness (QED) is 0.0584. The molecule has 0 aliphatic rings. The van der Waals surface area contributed by atoms with Crippen molar-refractivity contribution in [1.82, 2.24) is 9.97 Å². The van der Waals surface area contributed by atoms with E-state index in [-0.39, 0.29) is 45.8 Å². The molecule has 8 rings (SSSR count). The topological polar surface area (TPSA) is 148 Å². The summed E-state index contributed by atoms with van der Waals surface area (Å²) >= 11 is 0. The molecule has 2 aromatic heterocycles. The molecule has 0 saturated heterocycles. The van der Waals surface area contributed by atoms with Crippen LogP contribution in [0.1, 0.15) is 56.8 Å². The van der Waals surface area contributed by atoms with Crippen LogP contribution in [0.3, 0.4) is 0 Å². The summed E-state index contributed by atoms with van der Waals surface area (Å²) in [6.07, 6.45) is 1.04. The zero-order valence-electron chi connectivity index (χ0n) is 32.4. The van der Waals surface area contributed by atoms with E-state index in [4.69, 9.17) is 15.2 Å². The van der Waals surface area contributed by atoms with Crippen LogP contribution in [0.2, 0.25) is 0 Å². The van der Waals surface area contributed by atoms with Crippen molar-refractivity contribution in [3.8, 4) is 23.3 Å². The number of anilines is 1. The van der Waals surface area contributed by atoms with Crippen LogP contribution < -0.4 is 15.2 Å². The van der Waals surface area contributed by atoms with E-state index in [0.29, 0.717) is 40.9 Å². The molecule has 12 heteroatoms. The summed E-state index contributed by atoms with van der Waals surface area (Å²) in [4.78, 5) is 43.8. The molecule has 0 radical (unpaired) electrons. The van der Waals surface area contributed by atoms with E-state index in [0.717, 1.165) is 33.7 Å². The van der Waals surface area contributed by atoms with Gasteiger partial charge >= 0.3 is 0 Å². The van der Waals surface area contributed by atoms with Crippen LogP contribution in [0.15, 0.2) is 146 Å². The molecular formula is C48H36F2N4O6. The molecule has 2 N–H and O–H groups in total. The number of nitrogens with zero attached hydrogens (tertiary/aromatic N) is 3. The molecule has 0 aliphatic carbocycles. The van der Waals surface area contributed by atoms with Crippen LogP contribution in [0.4, 0.5) is 20.2 Å². The molecule has 0 spiro atoms. The number of ether oxygens (including phenoxy) is 2. The number of Topliss-reactive ketones (excluding diaryl/α,β-unsaturated/α-hetero) is 2. The van der Waals surface area contributed by atoms with Crippen LogP contribution in [0.25, 0.3) is 21.8 Å². The van der Waals surface area contributed by atoms with Gasteiger partial charge in [-0.25, -0.2) is 18.7 Å². The highest BCUT2D eigenvalue weighted by Crippen LogP contribution is 2.34. The summed E-state index contributed by atoms with van der Waals surface area (Å²) in [5.74, 6) is -0.560. The Hall–Kier alpha value is -7.86. The molecule has 0 bridgehead atoms. The van der Waals surface area contributed by atoms with Gasteiger partial charge in [0.2, 0.25) is 11.8 Å². The lowest BCUT2D eigenvalue weighted by Gasteiger charge is -2.14. The molecule has 298 valence electrons. The van der Waals surface area contributed by atoms with E-state index >= 15 is 0 Å². The standard InChI is InChI=1S/C24H17FN2O4.C24H19FN2O2/c1-15(28)21-14-19(25)7-10-23(21)31-24-18(11-16-5-3-2-4-6-16)12-17-13-20(27(29)30)8-9-22(17)26-24;1-15(28)21-14-19(25)7-10-23(21)29-24-18(11-16-5-3-2-4-6-16)12-17-13-20(26)8-9-22(17)27-24/h2-10,12-14H,11H2,1H3;2-10,12-14H,11,26H2,1H3. The van der Waals surface area contributed by atoms with Gasteiger partial charge in [0.05, 0.1) is 27.1 Å². The van der Waals surface area contributed by atoms with Crippen molar-refractivity contribution in [1.29, 1.82) is 0 Å². The van der Waals surface area contributed by atoms with Crippen molar-refractivity contribution in [2.45, 2.75) is 26.7 Å². The Morgan fingerprint density at radius 3 is 1.50 bits per heavy atom. The molecule has 0 unspecified atom stereocenters. The van der Waals surface area contributed by atoms with Gasteiger partial charge in [-0.3, -0.25) is 19.7 Å². The molecule has 0 amide bonds. The number of fused-ring (bicyclic) bond motifs is 2. The van der Waals surface area contributed by atoms with Gasteiger partial charge in [0.15, 0.2) is 11.6 Å². The molecule has 60 heavy (non-hydrogen) atoms. The third-order valence-corrected chi connectivity index (χ3v) is 9.46. The van der Waals surface area contributed by atoms with Crippen molar-refractivity contribution in [3.63, 3.8) is 0 Å². The normalized spacial score (nSPS) is 10.8.